The molecule has 0 spiro atoms. The quantitative estimate of drug-likeness (QED) is 0.520. The van der Waals surface area contributed by atoms with Gasteiger partial charge in [-0.05, 0) is 37.0 Å². The Morgan fingerprint density at radius 1 is 0.912 bits per heavy atom. The van der Waals surface area contributed by atoms with E-state index in [9.17, 15) is 36.2 Å². The van der Waals surface area contributed by atoms with E-state index in [0.29, 0.717) is 37.5 Å². The second-order valence-corrected chi connectivity index (χ2v) is 8.85. The fourth-order valence-corrected chi connectivity index (χ4v) is 5.25. The van der Waals surface area contributed by atoms with Gasteiger partial charge in [-0.15, -0.1) is 0 Å². The number of ether oxygens (including phenoxy) is 1. The first kappa shape index (κ1) is 24.4. The van der Waals surface area contributed by atoms with Crippen molar-refractivity contribution in [1.29, 1.82) is 0 Å². The van der Waals surface area contributed by atoms with Crippen molar-refractivity contribution in [2.75, 3.05) is 0 Å². The van der Waals surface area contributed by atoms with Gasteiger partial charge in [-0.3, -0.25) is 0 Å². The first-order valence-electron chi connectivity index (χ1n) is 10.9. The largest absolute Gasteiger partial charge is 0.445 e. The number of hydrogen-bond acceptors (Lipinski definition) is 3. The number of rotatable bonds is 3. The highest BCUT2D eigenvalue weighted by Gasteiger charge is 2.54. The molecule has 1 N–H and O–H groups in total. The minimum atomic E-state index is -5.09. The van der Waals surface area contributed by atoms with E-state index in [-0.39, 0.29) is 6.61 Å². The van der Waals surface area contributed by atoms with E-state index in [0.717, 1.165) is 5.56 Å². The molecular weight excluding hydrogens is 464 g/mol. The molecule has 2 saturated heterocycles. The summed E-state index contributed by atoms with van der Waals surface area (Å²) >= 11 is 0. The smallest absolute Gasteiger partial charge is 0.416 e. The lowest BCUT2D eigenvalue weighted by Gasteiger charge is -2.52. The second-order valence-electron chi connectivity index (χ2n) is 8.85. The van der Waals surface area contributed by atoms with E-state index in [1.165, 1.54) is 4.90 Å². The highest BCUT2D eigenvalue weighted by Crippen LogP contribution is 2.51. The van der Waals surface area contributed by atoms with E-state index >= 15 is 0 Å². The number of carbonyl (C=O) groups is 1. The van der Waals surface area contributed by atoms with E-state index in [2.05, 4.69) is 0 Å². The van der Waals surface area contributed by atoms with Crippen molar-refractivity contribution in [1.82, 2.24) is 4.90 Å². The Bertz CT molecular complexity index is 991. The fourth-order valence-electron chi connectivity index (χ4n) is 5.25. The summed E-state index contributed by atoms with van der Waals surface area (Å²) in [5.74, 6) is 0. The number of carbonyl (C=O) groups excluding carboxylic acids is 1. The van der Waals surface area contributed by atoms with Gasteiger partial charge in [-0.2, -0.15) is 26.3 Å². The lowest BCUT2D eigenvalue weighted by atomic mass is 9.70. The molecule has 2 aliphatic rings. The van der Waals surface area contributed by atoms with Crippen molar-refractivity contribution in [3.63, 3.8) is 0 Å². The molecule has 2 heterocycles. The Morgan fingerprint density at radius 3 is 1.94 bits per heavy atom. The Morgan fingerprint density at radius 2 is 1.44 bits per heavy atom. The van der Waals surface area contributed by atoms with Gasteiger partial charge in [0.2, 0.25) is 0 Å². The van der Waals surface area contributed by atoms with Crippen molar-refractivity contribution >= 4 is 6.09 Å². The predicted molar refractivity (Wildman–Crippen MR) is 109 cm³/mol. The lowest BCUT2D eigenvalue weighted by Crippen LogP contribution is -2.59. The van der Waals surface area contributed by atoms with Crippen LogP contribution in [-0.2, 0) is 29.3 Å². The molecule has 2 unspecified atom stereocenters. The summed E-state index contributed by atoms with van der Waals surface area (Å²) in [5, 5.41) is 11.4. The monoisotopic (exact) mass is 487 g/mol. The fraction of sp³-hybridized carbons (Fsp3) is 0.458. The maximum atomic E-state index is 13.7. The molecule has 4 nitrogen and oxygen atoms in total. The van der Waals surface area contributed by atoms with Crippen LogP contribution in [-0.4, -0.2) is 28.2 Å². The zero-order valence-corrected chi connectivity index (χ0v) is 18.0. The van der Waals surface area contributed by atoms with Crippen LogP contribution in [0, 0.1) is 0 Å². The first-order chi connectivity index (χ1) is 15.9. The molecule has 10 heteroatoms. The number of hydrogen-bond donors (Lipinski definition) is 1. The normalized spacial score (nSPS) is 25.2. The molecule has 0 saturated carbocycles. The topological polar surface area (TPSA) is 49.8 Å². The highest BCUT2D eigenvalue weighted by molar-refractivity contribution is 5.69. The van der Waals surface area contributed by atoms with Crippen LogP contribution >= 0.6 is 0 Å². The van der Waals surface area contributed by atoms with Crippen LogP contribution in [0.25, 0.3) is 0 Å². The predicted octanol–water partition coefficient (Wildman–Crippen LogP) is 6.27. The Labute approximate surface area is 192 Å². The average molecular weight is 487 g/mol. The molecule has 2 aliphatic heterocycles. The van der Waals surface area contributed by atoms with Gasteiger partial charge in [0.25, 0.3) is 0 Å². The Balaban J connectivity index is 1.66. The third kappa shape index (κ3) is 4.73. The molecule has 34 heavy (non-hydrogen) atoms. The Kier molecular flexibility index (Phi) is 6.30. The van der Waals surface area contributed by atoms with Crippen molar-refractivity contribution in [2.45, 2.75) is 68.7 Å². The van der Waals surface area contributed by atoms with Crippen LogP contribution in [0.1, 0.15) is 54.4 Å². The second kappa shape index (κ2) is 8.79. The number of fused-ring (bicyclic) bond motifs is 2. The van der Waals surface area contributed by atoms with E-state index in [4.69, 9.17) is 4.74 Å². The van der Waals surface area contributed by atoms with Gasteiger partial charge in [-0.1, -0.05) is 36.4 Å². The molecular formula is C24H23F6NO3. The third-order valence-corrected chi connectivity index (χ3v) is 6.56. The number of nitrogens with zero attached hydrogens (tertiary/aromatic N) is 1. The molecule has 1 amide bonds. The summed E-state index contributed by atoms with van der Waals surface area (Å²) in [6.07, 6.45) is -10.4. The van der Waals surface area contributed by atoms with Gasteiger partial charge >= 0.3 is 18.4 Å². The van der Waals surface area contributed by atoms with Crippen molar-refractivity contribution in [3.05, 3.63) is 70.8 Å². The molecule has 4 rings (SSSR count). The van der Waals surface area contributed by atoms with Gasteiger partial charge in [0, 0.05) is 30.5 Å². The van der Waals surface area contributed by atoms with Gasteiger partial charge in [0.1, 0.15) is 6.61 Å². The van der Waals surface area contributed by atoms with Crippen LogP contribution in [0.3, 0.4) is 0 Å². The van der Waals surface area contributed by atoms with Crippen molar-refractivity contribution in [3.8, 4) is 0 Å². The Hall–Kier alpha value is -2.75. The highest BCUT2D eigenvalue weighted by atomic mass is 19.4. The molecule has 0 aromatic heterocycles. The standard InChI is InChI=1S/C24H23F6NO3/c25-23(26,27)18-10-5-11-19(24(28,29)30)20(18)22(33)12-16-8-4-9-17(13-22)31(16)21(32)34-14-15-6-2-1-3-7-15/h1-3,5-7,10-11,16-17,33H,4,8-9,12-14H2. The summed E-state index contributed by atoms with van der Waals surface area (Å²) in [7, 11) is 0. The van der Waals surface area contributed by atoms with Crippen LogP contribution < -0.4 is 0 Å². The lowest BCUT2D eigenvalue weighted by molar-refractivity contribution is -0.154. The average Bonchev–Trinajstić information content (AvgIpc) is 2.76. The summed E-state index contributed by atoms with van der Waals surface area (Å²) in [6, 6.07) is 9.17. The maximum absolute atomic E-state index is 13.7. The summed E-state index contributed by atoms with van der Waals surface area (Å²) in [5.41, 5.74) is -5.85. The van der Waals surface area contributed by atoms with E-state index in [1.807, 2.05) is 0 Å². The molecule has 2 aromatic carbocycles. The van der Waals surface area contributed by atoms with Crippen LogP contribution in [0.15, 0.2) is 48.5 Å². The number of aliphatic hydroxyl groups is 1. The maximum Gasteiger partial charge on any atom is 0.416 e. The molecule has 184 valence electrons. The molecule has 2 aromatic rings. The molecule has 2 fully saturated rings. The van der Waals surface area contributed by atoms with E-state index < -0.39 is 65.7 Å². The van der Waals surface area contributed by atoms with Crippen LogP contribution in [0.2, 0.25) is 0 Å². The van der Waals surface area contributed by atoms with E-state index in [1.54, 1.807) is 30.3 Å². The van der Waals surface area contributed by atoms with Crippen molar-refractivity contribution < 1.29 is 41.0 Å². The molecule has 0 aliphatic carbocycles. The number of benzene rings is 2. The van der Waals surface area contributed by atoms with Crippen LogP contribution in [0.5, 0.6) is 0 Å². The zero-order chi connectivity index (χ0) is 24.7. The summed E-state index contributed by atoms with van der Waals surface area (Å²) < 4.78 is 87.8. The van der Waals surface area contributed by atoms with Crippen molar-refractivity contribution in [2.24, 2.45) is 0 Å². The number of amides is 1. The number of piperidine rings is 2. The minimum Gasteiger partial charge on any atom is -0.445 e. The zero-order valence-electron chi connectivity index (χ0n) is 18.0. The molecule has 2 atom stereocenters. The van der Waals surface area contributed by atoms with Gasteiger partial charge in [-0.25, -0.2) is 4.79 Å². The number of alkyl halides is 6. The summed E-state index contributed by atoms with van der Waals surface area (Å²) in [4.78, 5) is 14.2. The first-order valence-corrected chi connectivity index (χ1v) is 10.9. The minimum absolute atomic E-state index is 0.0188. The van der Waals surface area contributed by atoms with Crippen LogP contribution in [0.4, 0.5) is 31.1 Å². The molecule has 2 bridgehead atoms. The van der Waals surface area contributed by atoms with Gasteiger partial charge < -0.3 is 14.7 Å². The van der Waals surface area contributed by atoms with Gasteiger partial charge in [0.05, 0.1) is 16.7 Å². The van der Waals surface area contributed by atoms with Gasteiger partial charge in [0.15, 0.2) is 0 Å². The third-order valence-electron chi connectivity index (χ3n) is 6.56. The summed E-state index contributed by atoms with van der Waals surface area (Å²) in [6.45, 7) is -0.0188. The molecule has 0 radical (unpaired) electrons. The number of halogens is 6. The SMILES string of the molecule is O=C(OCc1ccccc1)N1C2CCCC1CC(O)(c1c(C(F)(F)F)cccc1C(F)(F)F)C2.